The van der Waals surface area contributed by atoms with E-state index in [0.717, 1.165) is 17.3 Å². The van der Waals surface area contributed by atoms with Gasteiger partial charge in [0.05, 0.1) is 0 Å². The monoisotopic (exact) mass is 327 g/mol. The van der Waals surface area contributed by atoms with Gasteiger partial charge in [-0.3, -0.25) is 9.59 Å². The lowest BCUT2D eigenvalue weighted by Crippen LogP contribution is -2.45. The van der Waals surface area contributed by atoms with E-state index in [1.807, 2.05) is 17.7 Å². The van der Waals surface area contributed by atoms with Gasteiger partial charge < -0.3 is 15.2 Å². The maximum atomic E-state index is 12.1. The number of aryl methyl sites for hydroxylation is 1. The summed E-state index contributed by atoms with van der Waals surface area (Å²) in [4.78, 5) is 23.9. The summed E-state index contributed by atoms with van der Waals surface area (Å²) in [6.07, 6.45) is 3.93. The summed E-state index contributed by atoms with van der Waals surface area (Å²) in [5.74, 6) is -0.351. The maximum Gasteiger partial charge on any atom is 0.268 e. The Balaban J connectivity index is 1.97. The van der Waals surface area contributed by atoms with E-state index < -0.39 is 6.04 Å². The number of aromatic nitrogens is 1. The summed E-state index contributed by atoms with van der Waals surface area (Å²) in [6.45, 7) is 4.37. The third-order valence-corrected chi connectivity index (χ3v) is 3.53. The van der Waals surface area contributed by atoms with Crippen molar-refractivity contribution in [3.63, 3.8) is 0 Å². The molecule has 5 nitrogen and oxygen atoms in total. The van der Waals surface area contributed by atoms with Gasteiger partial charge in [-0.1, -0.05) is 0 Å². The van der Waals surface area contributed by atoms with Gasteiger partial charge in [0.25, 0.3) is 5.91 Å². The number of carbonyl (C=O) groups is 2. The molecule has 1 aliphatic rings. The van der Waals surface area contributed by atoms with Crippen LogP contribution in [0, 0.1) is 0 Å². The number of halogens is 1. The standard InChI is InChI=1S/C13H18BrN3O2/c1-3-17-7-9(14)6-11(17)13(19)15-8(2)12(18)16-10-4-5-10/h6-8,10H,3-5H2,1-2H3,(H,15,19)(H,16,18). The zero-order valence-electron chi connectivity index (χ0n) is 11.1. The van der Waals surface area contributed by atoms with Crippen LogP contribution in [-0.4, -0.2) is 28.5 Å². The topological polar surface area (TPSA) is 63.1 Å². The minimum Gasteiger partial charge on any atom is -0.352 e. The molecule has 0 spiro atoms. The minimum atomic E-state index is -0.521. The third-order valence-electron chi connectivity index (χ3n) is 3.10. The summed E-state index contributed by atoms with van der Waals surface area (Å²) in [5.41, 5.74) is 0.556. The average Bonchev–Trinajstić information content (AvgIpc) is 3.09. The fourth-order valence-corrected chi connectivity index (χ4v) is 2.28. The predicted molar refractivity (Wildman–Crippen MR) is 75.9 cm³/mol. The Labute approximate surface area is 120 Å². The van der Waals surface area contributed by atoms with Crippen molar-refractivity contribution in [3.8, 4) is 0 Å². The second-order valence-corrected chi connectivity index (χ2v) is 5.72. The molecule has 1 atom stereocenters. The predicted octanol–water partition coefficient (Wildman–Crippen LogP) is 1.67. The van der Waals surface area contributed by atoms with Gasteiger partial charge in [-0.05, 0) is 48.7 Å². The van der Waals surface area contributed by atoms with Crippen molar-refractivity contribution >= 4 is 27.7 Å². The molecule has 1 aromatic heterocycles. The largest absolute Gasteiger partial charge is 0.352 e. The second kappa shape index (κ2) is 5.77. The summed E-state index contributed by atoms with van der Waals surface area (Å²) in [6, 6.07) is 1.54. The van der Waals surface area contributed by atoms with Gasteiger partial charge in [0.1, 0.15) is 11.7 Å². The molecule has 0 aromatic carbocycles. The Morgan fingerprint density at radius 2 is 2.21 bits per heavy atom. The molecule has 1 aromatic rings. The minimum absolute atomic E-state index is 0.121. The molecule has 1 heterocycles. The average molecular weight is 328 g/mol. The molecule has 0 aliphatic heterocycles. The van der Waals surface area contributed by atoms with Crippen LogP contribution in [0.5, 0.6) is 0 Å². The van der Waals surface area contributed by atoms with Crippen molar-refractivity contribution in [3.05, 3.63) is 22.4 Å². The van der Waals surface area contributed by atoms with Gasteiger partial charge in [0.15, 0.2) is 0 Å². The maximum absolute atomic E-state index is 12.1. The normalized spacial score (nSPS) is 15.9. The third kappa shape index (κ3) is 3.59. The Kier molecular flexibility index (Phi) is 4.29. The highest BCUT2D eigenvalue weighted by Gasteiger charge is 2.26. The number of rotatable bonds is 5. The molecular weight excluding hydrogens is 310 g/mol. The van der Waals surface area contributed by atoms with Gasteiger partial charge in [-0.15, -0.1) is 0 Å². The van der Waals surface area contributed by atoms with Crippen LogP contribution >= 0.6 is 15.9 Å². The van der Waals surface area contributed by atoms with Crippen molar-refractivity contribution in [2.24, 2.45) is 0 Å². The van der Waals surface area contributed by atoms with E-state index >= 15 is 0 Å². The lowest BCUT2D eigenvalue weighted by molar-refractivity contribution is -0.122. The van der Waals surface area contributed by atoms with Crippen molar-refractivity contribution in [1.29, 1.82) is 0 Å². The van der Waals surface area contributed by atoms with Gasteiger partial charge in [-0.25, -0.2) is 0 Å². The molecule has 0 saturated heterocycles. The number of nitrogens with one attached hydrogen (secondary N) is 2. The van der Waals surface area contributed by atoms with Crippen LogP contribution in [0.25, 0.3) is 0 Å². The van der Waals surface area contributed by atoms with Crippen LogP contribution < -0.4 is 10.6 Å². The molecule has 6 heteroatoms. The van der Waals surface area contributed by atoms with Gasteiger partial charge in [0.2, 0.25) is 5.91 Å². The molecule has 19 heavy (non-hydrogen) atoms. The highest BCUT2D eigenvalue weighted by atomic mass is 79.9. The molecule has 2 N–H and O–H groups in total. The Morgan fingerprint density at radius 3 is 2.79 bits per heavy atom. The van der Waals surface area contributed by atoms with Gasteiger partial charge >= 0.3 is 0 Å². The second-order valence-electron chi connectivity index (χ2n) is 4.81. The molecule has 1 unspecified atom stereocenters. The summed E-state index contributed by atoms with van der Waals surface area (Å²) in [7, 11) is 0. The fourth-order valence-electron chi connectivity index (χ4n) is 1.82. The zero-order chi connectivity index (χ0) is 14.0. The number of hydrogen-bond donors (Lipinski definition) is 2. The summed E-state index contributed by atoms with van der Waals surface area (Å²) < 4.78 is 2.69. The van der Waals surface area contributed by atoms with Gasteiger partial charge in [0, 0.05) is 23.3 Å². The van der Waals surface area contributed by atoms with E-state index in [4.69, 9.17) is 0 Å². The number of carbonyl (C=O) groups excluding carboxylic acids is 2. The van der Waals surface area contributed by atoms with Crippen molar-refractivity contribution in [2.75, 3.05) is 0 Å². The van der Waals surface area contributed by atoms with Crippen molar-refractivity contribution < 1.29 is 9.59 Å². The molecule has 1 aliphatic carbocycles. The molecule has 0 bridgehead atoms. The lowest BCUT2D eigenvalue weighted by atomic mass is 10.3. The molecular formula is C13H18BrN3O2. The molecule has 2 rings (SSSR count). The van der Waals surface area contributed by atoms with Crippen LogP contribution in [0.3, 0.4) is 0 Å². The SMILES string of the molecule is CCn1cc(Br)cc1C(=O)NC(C)C(=O)NC1CC1. The highest BCUT2D eigenvalue weighted by molar-refractivity contribution is 9.10. The zero-order valence-corrected chi connectivity index (χ0v) is 12.7. The first kappa shape index (κ1) is 14.1. The first-order chi connectivity index (χ1) is 9.01. The molecule has 1 saturated carbocycles. The van der Waals surface area contributed by atoms with Crippen molar-refractivity contribution in [1.82, 2.24) is 15.2 Å². The first-order valence-corrected chi connectivity index (χ1v) is 7.27. The van der Waals surface area contributed by atoms with E-state index in [0.29, 0.717) is 18.3 Å². The van der Waals surface area contributed by atoms with Crippen LogP contribution in [0.4, 0.5) is 0 Å². The smallest absolute Gasteiger partial charge is 0.268 e. The summed E-state index contributed by atoms with van der Waals surface area (Å²) in [5, 5.41) is 5.60. The van der Waals surface area contributed by atoms with E-state index in [1.165, 1.54) is 0 Å². The molecule has 0 radical (unpaired) electrons. The quantitative estimate of drug-likeness (QED) is 0.864. The first-order valence-electron chi connectivity index (χ1n) is 6.48. The van der Waals surface area contributed by atoms with Crippen LogP contribution in [0.15, 0.2) is 16.7 Å². The van der Waals surface area contributed by atoms with E-state index in [1.54, 1.807) is 13.0 Å². The molecule has 1 fully saturated rings. The fraction of sp³-hybridized carbons (Fsp3) is 0.538. The number of hydrogen-bond acceptors (Lipinski definition) is 2. The van der Waals surface area contributed by atoms with Crippen LogP contribution in [-0.2, 0) is 11.3 Å². The van der Waals surface area contributed by atoms with Crippen LogP contribution in [0.1, 0.15) is 37.2 Å². The van der Waals surface area contributed by atoms with Crippen LogP contribution in [0.2, 0.25) is 0 Å². The van der Waals surface area contributed by atoms with E-state index in [-0.39, 0.29) is 11.8 Å². The van der Waals surface area contributed by atoms with E-state index in [9.17, 15) is 9.59 Å². The Hall–Kier alpha value is -1.30. The Morgan fingerprint density at radius 1 is 1.53 bits per heavy atom. The van der Waals surface area contributed by atoms with E-state index in [2.05, 4.69) is 26.6 Å². The Bertz CT molecular complexity index is 494. The number of amides is 2. The number of nitrogens with zero attached hydrogens (tertiary/aromatic N) is 1. The summed E-state index contributed by atoms with van der Waals surface area (Å²) >= 11 is 3.35. The van der Waals surface area contributed by atoms with Crippen molar-refractivity contribution in [2.45, 2.75) is 45.3 Å². The molecule has 2 amide bonds. The lowest BCUT2D eigenvalue weighted by Gasteiger charge is -2.14. The van der Waals surface area contributed by atoms with Gasteiger partial charge in [-0.2, -0.15) is 0 Å². The molecule has 104 valence electrons. The highest BCUT2D eigenvalue weighted by Crippen LogP contribution is 2.18.